The van der Waals surface area contributed by atoms with Crippen molar-refractivity contribution in [3.05, 3.63) is 59.2 Å². The molecule has 1 heterocycles. The molecule has 0 saturated carbocycles. The highest BCUT2D eigenvalue weighted by molar-refractivity contribution is 5.78. The smallest absolute Gasteiger partial charge is 0.234 e. The predicted octanol–water partition coefficient (Wildman–Crippen LogP) is 4.07. The number of para-hydroxylation sites is 1. The minimum absolute atomic E-state index is 0.0706. The second-order valence-electron chi connectivity index (χ2n) is 7.51. The third-order valence-electron chi connectivity index (χ3n) is 5.17. The molecule has 1 aliphatic rings. The third-order valence-corrected chi connectivity index (χ3v) is 5.17. The number of fused-ring (bicyclic) bond motifs is 1. The normalized spacial score (nSPS) is 16.4. The molecule has 0 unspecified atom stereocenters. The monoisotopic (exact) mass is 396 g/mol. The van der Waals surface area contributed by atoms with E-state index in [1.54, 1.807) is 0 Å². The molecule has 0 atom stereocenters. The van der Waals surface area contributed by atoms with E-state index in [1.807, 2.05) is 31.2 Å². The van der Waals surface area contributed by atoms with Crippen molar-refractivity contribution in [2.24, 2.45) is 0 Å². The molecule has 0 bridgehead atoms. The van der Waals surface area contributed by atoms with Crippen LogP contribution in [-0.4, -0.2) is 37.1 Å². The largest absolute Gasteiger partial charge is 0.490 e. The van der Waals surface area contributed by atoms with Gasteiger partial charge in [-0.15, -0.1) is 0 Å². The van der Waals surface area contributed by atoms with Gasteiger partial charge >= 0.3 is 0 Å². The zero-order chi connectivity index (χ0) is 20.5. The maximum atomic E-state index is 12.5. The number of hydrogen-bond donors (Lipinski definition) is 1. The summed E-state index contributed by atoms with van der Waals surface area (Å²) in [5, 5.41) is 3.06. The maximum Gasteiger partial charge on any atom is 0.234 e. The molecule has 3 rings (SSSR count). The highest BCUT2D eigenvalue weighted by Crippen LogP contribution is 2.33. The topological polar surface area (TPSA) is 50.8 Å². The summed E-state index contributed by atoms with van der Waals surface area (Å²) >= 11 is 0. The predicted molar refractivity (Wildman–Crippen MR) is 115 cm³/mol. The fraction of sp³-hybridized carbons (Fsp3) is 0.458. The van der Waals surface area contributed by atoms with Crippen LogP contribution in [0.4, 0.5) is 0 Å². The molecule has 156 valence electrons. The Labute approximate surface area is 174 Å². The highest BCUT2D eigenvalue weighted by Gasteiger charge is 2.18. The van der Waals surface area contributed by atoms with Gasteiger partial charge in [0.2, 0.25) is 5.91 Å². The van der Waals surface area contributed by atoms with Crippen LogP contribution in [0.15, 0.2) is 42.5 Å². The molecular formula is C24H32N2O3. The number of ether oxygens (including phenoxy) is 2. The van der Waals surface area contributed by atoms with Crippen LogP contribution in [0.5, 0.6) is 11.5 Å². The zero-order valence-electron chi connectivity index (χ0n) is 17.6. The van der Waals surface area contributed by atoms with Crippen LogP contribution in [0.2, 0.25) is 0 Å². The average Bonchev–Trinajstić information content (AvgIpc) is 2.71. The Balaban J connectivity index is 1.90. The number of nitrogens with zero attached hydrogens (tertiary/aromatic N) is 1. The Hall–Kier alpha value is -2.53. The Morgan fingerprint density at radius 3 is 2.76 bits per heavy atom. The summed E-state index contributed by atoms with van der Waals surface area (Å²) in [6.07, 6.45) is 2.95. The molecule has 1 aliphatic heterocycles. The quantitative estimate of drug-likeness (QED) is 0.846. The molecule has 0 saturated heterocycles. The van der Waals surface area contributed by atoms with Crippen LogP contribution in [0.3, 0.4) is 0 Å². The van der Waals surface area contributed by atoms with Crippen molar-refractivity contribution in [3.8, 4) is 11.5 Å². The lowest BCUT2D eigenvalue weighted by molar-refractivity contribution is -0.122. The minimum atomic E-state index is 0.0706. The van der Waals surface area contributed by atoms with E-state index in [1.165, 1.54) is 11.1 Å². The van der Waals surface area contributed by atoms with Gasteiger partial charge in [0.05, 0.1) is 19.8 Å². The molecule has 0 radical (unpaired) electrons. The Kier molecular flexibility index (Phi) is 7.94. The van der Waals surface area contributed by atoms with Gasteiger partial charge < -0.3 is 14.8 Å². The minimum Gasteiger partial charge on any atom is -0.490 e. The summed E-state index contributed by atoms with van der Waals surface area (Å²) in [6.45, 7) is 7.74. The lowest BCUT2D eigenvalue weighted by Crippen LogP contribution is -2.37. The van der Waals surface area contributed by atoms with Crippen LogP contribution >= 0.6 is 0 Å². The Morgan fingerprint density at radius 2 is 1.93 bits per heavy atom. The fourth-order valence-corrected chi connectivity index (χ4v) is 3.62. The first-order valence-electron chi connectivity index (χ1n) is 10.6. The molecule has 29 heavy (non-hydrogen) atoms. The van der Waals surface area contributed by atoms with Crippen LogP contribution in [-0.2, 0) is 17.9 Å². The fourth-order valence-electron chi connectivity index (χ4n) is 3.62. The van der Waals surface area contributed by atoms with Gasteiger partial charge in [0.25, 0.3) is 0 Å². The molecule has 2 aromatic carbocycles. The van der Waals surface area contributed by atoms with Crippen molar-refractivity contribution >= 4 is 5.91 Å². The van der Waals surface area contributed by atoms with Crippen molar-refractivity contribution in [1.82, 2.24) is 10.2 Å². The number of amides is 1. The average molecular weight is 397 g/mol. The summed E-state index contributed by atoms with van der Waals surface area (Å²) in [7, 11) is 0. The van der Waals surface area contributed by atoms with E-state index in [0.717, 1.165) is 36.3 Å². The highest BCUT2D eigenvalue weighted by atomic mass is 16.5. The van der Waals surface area contributed by atoms with E-state index < -0.39 is 0 Å². The van der Waals surface area contributed by atoms with E-state index in [2.05, 4.69) is 35.3 Å². The van der Waals surface area contributed by atoms with Gasteiger partial charge in [-0.25, -0.2) is 0 Å². The second kappa shape index (κ2) is 10.9. The molecule has 5 heteroatoms. The molecule has 1 N–H and O–H groups in total. The summed E-state index contributed by atoms with van der Waals surface area (Å²) in [4.78, 5) is 14.7. The summed E-state index contributed by atoms with van der Waals surface area (Å²) in [6, 6.07) is 14.4. The standard InChI is InChI=1S/C24H32N2O3/c1-3-28-22-13-9-12-21-17-26(16-20-11-6-5-10-19(20)2)18-23(27)25-14-7-4-8-15-29-24(21)22/h5-6,9-13H,3-4,7-8,14-18H2,1-2H3,(H,25,27). The van der Waals surface area contributed by atoms with Crippen LogP contribution in [0.1, 0.15) is 42.9 Å². The van der Waals surface area contributed by atoms with Crippen LogP contribution in [0.25, 0.3) is 0 Å². The molecule has 0 fully saturated rings. The van der Waals surface area contributed by atoms with E-state index >= 15 is 0 Å². The van der Waals surface area contributed by atoms with E-state index in [4.69, 9.17) is 9.47 Å². The van der Waals surface area contributed by atoms with Crippen molar-refractivity contribution in [1.29, 1.82) is 0 Å². The summed E-state index contributed by atoms with van der Waals surface area (Å²) in [5.74, 6) is 1.66. The molecule has 5 nitrogen and oxygen atoms in total. The molecule has 0 aromatic heterocycles. The number of nitrogens with one attached hydrogen (secondary N) is 1. The number of carbonyl (C=O) groups excluding carboxylic acids is 1. The summed E-state index contributed by atoms with van der Waals surface area (Å²) < 4.78 is 12.0. The van der Waals surface area contributed by atoms with E-state index in [-0.39, 0.29) is 5.91 Å². The van der Waals surface area contributed by atoms with Gasteiger partial charge in [0.1, 0.15) is 0 Å². The molecule has 0 aliphatic carbocycles. The Morgan fingerprint density at radius 1 is 1.07 bits per heavy atom. The molecule has 2 aromatic rings. The first-order valence-corrected chi connectivity index (χ1v) is 10.6. The van der Waals surface area contributed by atoms with Crippen LogP contribution in [0, 0.1) is 6.92 Å². The van der Waals surface area contributed by atoms with Crippen molar-refractivity contribution in [3.63, 3.8) is 0 Å². The number of aryl methyl sites for hydroxylation is 1. The number of rotatable bonds is 4. The Bertz CT molecular complexity index is 806. The van der Waals surface area contributed by atoms with Crippen molar-refractivity contribution in [2.75, 3.05) is 26.3 Å². The number of benzene rings is 2. The maximum absolute atomic E-state index is 12.5. The lowest BCUT2D eigenvalue weighted by atomic mass is 10.1. The first kappa shape index (κ1) is 21.2. The van der Waals surface area contributed by atoms with Crippen LogP contribution < -0.4 is 14.8 Å². The SMILES string of the molecule is CCOc1cccc2c1OCCCCCNC(=O)CN(Cc1ccccc1C)C2. The van der Waals surface area contributed by atoms with E-state index in [0.29, 0.717) is 39.4 Å². The number of hydrogen-bond acceptors (Lipinski definition) is 4. The van der Waals surface area contributed by atoms with Gasteiger partial charge in [-0.1, -0.05) is 36.4 Å². The first-order chi connectivity index (χ1) is 14.2. The number of carbonyl (C=O) groups is 1. The molecule has 0 spiro atoms. The van der Waals surface area contributed by atoms with E-state index in [9.17, 15) is 4.79 Å². The summed E-state index contributed by atoms with van der Waals surface area (Å²) in [5.41, 5.74) is 3.51. The second-order valence-corrected chi connectivity index (χ2v) is 7.51. The third kappa shape index (κ3) is 6.23. The van der Waals surface area contributed by atoms with Crippen molar-refractivity contribution < 1.29 is 14.3 Å². The van der Waals surface area contributed by atoms with Gasteiger partial charge in [-0.05, 0) is 50.3 Å². The van der Waals surface area contributed by atoms with Crippen molar-refractivity contribution in [2.45, 2.75) is 46.2 Å². The zero-order valence-corrected chi connectivity index (χ0v) is 17.6. The van der Waals surface area contributed by atoms with Gasteiger partial charge in [-0.3, -0.25) is 9.69 Å². The molecule has 1 amide bonds. The van der Waals surface area contributed by atoms with Gasteiger partial charge in [-0.2, -0.15) is 0 Å². The van der Waals surface area contributed by atoms with Gasteiger partial charge in [0.15, 0.2) is 11.5 Å². The molecular weight excluding hydrogens is 364 g/mol. The van der Waals surface area contributed by atoms with Gasteiger partial charge in [0, 0.05) is 25.2 Å². The lowest BCUT2D eigenvalue weighted by Gasteiger charge is -2.24.